The van der Waals surface area contributed by atoms with Crippen molar-refractivity contribution in [1.29, 1.82) is 0 Å². The Labute approximate surface area is 131 Å². The molecule has 2 aromatic carbocycles. The lowest BCUT2D eigenvalue weighted by Crippen LogP contribution is -2.28. The summed E-state index contributed by atoms with van der Waals surface area (Å²) in [5, 5.41) is 10.1. The van der Waals surface area contributed by atoms with Crippen molar-refractivity contribution in [1.82, 2.24) is 4.98 Å². The van der Waals surface area contributed by atoms with E-state index in [1.165, 1.54) is 0 Å². The van der Waals surface area contributed by atoms with Crippen LogP contribution in [0.3, 0.4) is 0 Å². The molecule has 2 heterocycles. The van der Waals surface area contributed by atoms with Crippen molar-refractivity contribution in [3.8, 4) is 11.5 Å². The Morgan fingerprint density at radius 3 is 2.57 bits per heavy atom. The van der Waals surface area contributed by atoms with Gasteiger partial charge in [0.15, 0.2) is 0 Å². The number of ether oxygens (including phenoxy) is 1. The van der Waals surface area contributed by atoms with Gasteiger partial charge < -0.3 is 14.8 Å². The lowest BCUT2D eigenvalue weighted by molar-refractivity contribution is -0.135. The molecule has 0 aliphatic carbocycles. The van der Waals surface area contributed by atoms with Gasteiger partial charge in [0.1, 0.15) is 11.5 Å². The summed E-state index contributed by atoms with van der Waals surface area (Å²) in [5.41, 5.74) is 1.62. The predicted molar refractivity (Wildman–Crippen MR) is 84.8 cm³/mol. The molecule has 1 aliphatic rings. The van der Waals surface area contributed by atoms with Crippen LogP contribution in [0.4, 0.5) is 0 Å². The Bertz CT molecular complexity index is 972. The van der Waals surface area contributed by atoms with Gasteiger partial charge in [-0.3, -0.25) is 9.59 Å². The first-order valence-corrected chi connectivity index (χ1v) is 7.28. The zero-order valence-corrected chi connectivity index (χ0v) is 12.1. The van der Waals surface area contributed by atoms with Gasteiger partial charge >= 0.3 is 5.97 Å². The van der Waals surface area contributed by atoms with Crippen LogP contribution < -0.4 is 10.3 Å². The zero-order valence-electron chi connectivity index (χ0n) is 12.1. The number of fused-ring (bicyclic) bond motifs is 3. The second-order valence-corrected chi connectivity index (χ2v) is 5.56. The summed E-state index contributed by atoms with van der Waals surface area (Å²) in [4.78, 5) is 27.4. The van der Waals surface area contributed by atoms with Crippen LogP contribution in [0.1, 0.15) is 23.5 Å². The van der Waals surface area contributed by atoms with Gasteiger partial charge in [-0.25, -0.2) is 0 Å². The first kappa shape index (κ1) is 13.6. The summed E-state index contributed by atoms with van der Waals surface area (Å²) < 4.78 is 5.39. The molecular formula is C18H13NO4. The number of H-pyrrole nitrogens is 1. The van der Waals surface area contributed by atoms with Crippen molar-refractivity contribution in [3.05, 3.63) is 70.0 Å². The maximum absolute atomic E-state index is 12.5. The number of hydrogen-bond acceptors (Lipinski definition) is 4. The standard InChI is InChI=1S/C18H13NO4/c20-11-7-5-10(6-8-11)13-9-15(21)23-17-12-3-1-2-4-14(12)19-18(22)16(13)17/h1-8,13,20H,9H2,(H,19,22)/t13-/m1/s1. The highest BCUT2D eigenvalue weighted by atomic mass is 16.5. The van der Waals surface area contributed by atoms with E-state index in [1.807, 2.05) is 18.2 Å². The normalized spacial score (nSPS) is 16.9. The fraction of sp³-hybridized carbons (Fsp3) is 0.111. The van der Waals surface area contributed by atoms with Gasteiger partial charge in [0.2, 0.25) is 0 Å². The molecule has 0 bridgehead atoms. The van der Waals surface area contributed by atoms with Crippen molar-refractivity contribution in [2.45, 2.75) is 12.3 Å². The van der Waals surface area contributed by atoms with Gasteiger partial charge in [0.25, 0.3) is 5.56 Å². The van der Waals surface area contributed by atoms with Crippen molar-refractivity contribution >= 4 is 16.9 Å². The highest BCUT2D eigenvalue weighted by molar-refractivity contribution is 5.91. The molecule has 1 aliphatic heterocycles. The summed E-state index contributed by atoms with van der Waals surface area (Å²) in [6, 6.07) is 13.8. The Hall–Kier alpha value is -3.08. The van der Waals surface area contributed by atoms with Crippen molar-refractivity contribution in [2.24, 2.45) is 0 Å². The number of benzene rings is 2. The number of nitrogens with one attached hydrogen (secondary N) is 1. The Kier molecular flexibility index (Phi) is 2.94. The number of para-hydroxylation sites is 1. The number of phenolic OH excluding ortho intramolecular Hbond substituents is 1. The summed E-state index contributed by atoms with van der Waals surface area (Å²) in [6.07, 6.45) is 0.0964. The number of aromatic nitrogens is 1. The third-order valence-electron chi connectivity index (χ3n) is 4.14. The van der Waals surface area contributed by atoms with Crippen LogP contribution in [0.25, 0.3) is 10.9 Å². The Balaban J connectivity index is 2.00. The molecule has 1 atom stereocenters. The Morgan fingerprint density at radius 2 is 1.78 bits per heavy atom. The monoisotopic (exact) mass is 307 g/mol. The lowest BCUT2D eigenvalue weighted by atomic mass is 9.86. The molecule has 0 unspecified atom stereocenters. The van der Waals surface area contributed by atoms with Crippen molar-refractivity contribution in [3.63, 3.8) is 0 Å². The molecule has 3 aromatic rings. The summed E-state index contributed by atoms with van der Waals surface area (Å²) >= 11 is 0. The van der Waals surface area contributed by atoms with Crippen LogP contribution in [0.5, 0.6) is 11.5 Å². The minimum atomic E-state index is -0.389. The van der Waals surface area contributed by atoms with Crippen LogP contribution in [0.15, 0.2) is 53.3 Å². The van der Waals surface area contributed by atoms with E-state index in [9.17, 15) is 14.7 Å². The fourth-order valence-corrected chi connectivity index (χ4v) is 3.07. The van der Waals surface area contributed by atoms with Gasteiger partial charge in [-0.15, -0.1) is 0 Å². The molecule has 0 spiro atoms. The van der Waals surface area contributed by atoms with Gasteiger partial charge in [-0.1, -0.05) is 24.3 Å². The molecule has 23 heavy (non-hydrogen) atoms. The summed E-state index contributed by atoms with van der Waals surface area (Å²) in [7, 11) is 0. The average molecular weight is 307 g/mol. The smallest absolute Gasteiger partial charge is 0.312 e. The number of hydrogen-bond donors (Lipinski definition) is 2. The van der Waals surface area contributed by atoms with E-state index in [4.69, 9.17) is 4.74 Å². The highest BCUT2D eigenvalue weighted by Crippen LogP contribution is 2.40. The van der Waals surface area contributed by atoms with Gasteiger partial charge in [0, 0.05) is 11.3 Å². The van der Waals surface area contributed by atoms with E-state index >= 15 is 0 Å². The summed E-state index contributed by atoms with van der Waals surface area (Å²) in [6.45, 7) is 0. The molecule has 4 rings (SSSR count). The average Bonchev–Trinajstić information content (AvgIpc) is 2.55. The largest absolute Gasteiger partial charge is 0.508 e. The number of rotatable bonds is 1. The Morgan fingerprint density at radius 1 is 1.04 bits per heavy atom. The quantitative estimate of drug-likeness (QED) is 0.677. The molecule has 5 heteroatoms. The minimum absolute atomic E-state index is 0.0964. The van der Waals surface area contributed by atoms with Crippen molar-refractivity contribution < 1.29 is 14.6 Å². The van der Waals surface area contributed by atoms with Crippen molar-refractivity contribution in [2.75, 3.05) is 0 Å². The molecule has 2 N–H and O–H groups in total. The van der Waals surface area contributed by atoms with E-state index in [-0.39, 0.29) is 29.6 Å². The van der Waals surface area contributed by atoms with Crippen LogP contribution in [0, 0.1) is 0 Å². The SMILES string of the molecule is O=C1C[C@H](c2ccc(O)cc2)c2c(c3ccccc3[nH]c2=O)O1. The second kappa shape index (κ2) is 4.98. The van der Waals surface area contributed by atoms with E-state index in [0.29, 0.717) is 22.2 Å². The van der Waals surface area contributed by atoms with Crippen LogP contribution in [0.2, 0.25) is 0 Å². The maximum Gasteiger partial charge on any atom is 0.312 e. The molecule has 5 nitrogen and oxygen atoms in total. The molecule has 0 radical (unpaired) electrons. The molecule has 0 fully saturated rings. The molecule has 0 saturated carbocycles. The lowest BCUT2D eigenvalue weighted by Gasteiger charge is -2.25. The molecule has 0 amide bonds. The number of phenols is 1. The molecular weight excluding hydrogens is 294 g/mol. The zero-order chi connectivity index (χ0) is 16.0. The number of esters is 1. The second-order valence-electron chi connectivity index (χ2n) is 5.56. The number of carbonyl (C=O) groups excluding carboxylic acids is 1. The number of aromatic hydroxyl groups is 1. The van der Waals surface area contributed by atoms with Crippen LogP contribution >= 0.6 is 0 Å². The maximum atomic E-state index is 12.5. The number of aromatic amines is 1. The fourth-order valence-electron chi connectivity index (χ4n) is 3.07. The van der Waals surface area contributed by atoms with Crippen LogP contribution in [-0.2, 0) is 4.79 Å². The number of pyridine rings is 1. The third kappa shape index (κ3) is 2.17. The molecule has 1 aromatic heterocycles. The van der Waals surface area contributed by atoms with Crippen LogP contribution in [-0.4, -0.2) is 16.1 Å². The van der Waals surface area contributed by atoms with E-state index in [0.717, 1.165) is 5.56 Å². The van der Waals surface area contributed by atoms with E-state index in [1.54, 1.807) is 30.3 Å². The third-order valence-corrected chi connectivity index (χ3v) is 4.14. The predicted octanol–water partition coefficient (Wildman–Crippen LogP) is 2.67. The molecule has 114 valence electrons. The van der Waals surface area contributed by atoms with Gasteiger partial charge in [-0.2, -0.15) is 0 Å². The van der Waals surface area contributed by atoms with E-state index < -0.39 is 0 Å². The topological polar surface area (TPSA) is 79.4 Å². The minimum Gasteiger partial charge on any atom is -0.508 e. The highest BCUT2D eigenvalue weighted by Gasteiger charge is 2.32. The first-order chi connectivity index (χ1) is 11.1. The summed E-state index contributed by atoms with van der Waals surface area (Å²) in [5.74, 6) is -0.287. The number of carbonyl (C=O) groups is 1. The van der Waals surface area contributed by atoms with Gasteiger partial charge in [0.05, 0.1) is 17.5 Å². The molecule has 0 saturated heterocycles. The van der Waals surface area contributed by atoms with E-state index in [2.05, 4.69) is 4.98 Å². The first-order valence-electron chi connectivity index (χ1n) is 7.28. The van der Waals surface area contributed by atoms with Gasteiger partial charge in [-0.05, 0) is 29.8 Å².